The molecule has 1 rings (SSSR count). The summed E-state index contributed by atoms with van der Waals surface area (Å²) in [4.78, 5) is 0. The number of rotatable bonds is 6. The second-order valence-corrected chi connectivity index (χ2v) is 4.18. The number of alkyl halides is 3. The molecule has 0 spiro atoms. The van der Waals surface area contributed by atoms with Crippen LogP contribution in [0.15, 0.2) is 0 Å². The van der Waals surface area contributed by atoms with Gasteiger partial charge in [0.2, 0.25) is 0 Å². The van der Waals surface area contributed by atoms with Crippen LogP contribution in [-0.2, 0) is 18.3 Å². The number of aromatic nitrogens is 2. The average Bonchev–Trinajstić information content (AvgIpc) is 2.47. The maximum Gasteiger partial charge on any atom is 0.411 e. The fraction of sp³-hybridized carbons (Fsp3) is 0.700. The van der Waals surface area contributed by atoms with Crippen LogP contribution < -0.4 is 5.32 Å². The predicted octanol–water partition coefficient (Wildman–Crippen LogP) is 2.05. The van der Waals surface area contributed by atoms with Gasteiger partial charge in [0.25, 0.3) is 0 Å². The molecule has 0 aliphatic carbocycles. The first-order valence-corrected chi connectivity index (χ1v) is 5.72. The molecule has 1 heterocycles. The molecule has 18 heavy (non-hydrogen) atoms. The third-order valence-electron chi connectivity index (χ3n) is 2.26. The zero-order valence-electron chi connectivity index (χ0n) is 10.1. The van der Waals surface area contributed by atoms with Crippen LogP contribution >= 0.6 is 11.6 Å². The number of aryl methyl sites for hydroxylation is 2. The first-order valence-electron chi connectivity index (χ1n) is 5.34. The molecule has 104 valence electrons. The van der Waals surface area contributed by atoms with Gasteiger partial charge in [0.15, 0.2) is 0 Å². The van der Waals surface area contributed by atoms with Crippen LogP contribution in [0.2, 0.25) is 5.15 Å². The van der Waals surface area contributed by atoms with Crippen molar-refractivity contribution in [3.8, 4) is 0 Å². The van der Waals surface area contributed by atoms with Crippen LogP contribution in [-0.4, -0.2) is 35.7 Å². The molecule has 4 nitrogen and oxygen atoms in total. The lowest BCUT2D eigenvalue weighted by atomic mass is 10.2. The van der Waals surface area contributed by atoms with Crippen LogP contribution in [0.25, 0.3) is 0 Å². The van der Waals surface area contributed by atoms with E-state index in [1.165, 1.54) is 0 Å². The van der Waals surface area contributed by atoms with Crippen molar-refractivity contribution in [3.63, 3.8) is 0 Å². The molecule has 1 aromatic rings. The minimum absolute atomic E-state index is 0.00353. The van der Waals surface area contributed by atoms with Gasteiger partial charge in [-0.05, 0) is 6.92 Å². The smallest absolute Gasteiger partial charge is 0.371 e. The van der Waals surface area contributed by atoms with E-state index in [4.69, 9.17) is 11.6 Å². The summed E-state index contributed by atoms with van der Waals surface area (Å²) >= 11 is 5.99. The first-order chi connectivity index (χ1) is 8.31. The highest BCUT2D eigenvalue weighted by Crippen LogP contribution is 2.18. The Balaban J connectivity index is 2.22. The minimum atomic E-state index is -4.27. The fourth-order valence-corrected chi connectivity index (χ4v) is 1.66. The van der Waals surface area contributed by atoms with Crippen LogP contribution in [0.3, 0.4) is 0 Å². The lowest BCUT2D eigenvalue weighted by molar-refractivity contribution is -0.173. The lowest BCUT2D eigenvalue weighted by Crippen LogP contribution is -2.23. The van der Waals surface area contributed by atoms with Crippen LogP contribution in [0.5, 0.6) is 0 Å². The van der Waals surface area contributed by atoms with Gasteiger partial charge in [-0.25, -0.2) is 0 Å². The summed E-state index contributed by atoms with van der Waals surface area (Å²) < 4.78 is 41.3. The van der Waals surface area contributed by atoms with Crippen LogP contribution in [0, 0.1) is 6.92 Å². The van der Waals surface area contributed by atoms with E-state index in [2.05, 4.69) is 15.2 Å². The van der Waals surface area contributed by atoms with Crippen molar-refractivity contribution in [3.05, 3.63) is 16.4 Å². The van der Waals surface area contributed by atoms with E-state index in [1.54, 1.807) is 11.7 Å². The predicted molar refractivity (Wildman–Crippen MR) is 61.5 cm³/mol. The monoisotopic (exact) mass is 285 g/mol. The third kappa shape index (κ3) is 4.83. The summed E-state index contributed by atoms with van der Waals surface area (Å²) in [5.41, 5.74) is 1.64. The molecule has 0 aliphatic rings. The minimum Gasteiger partial charge on any atom is -0.371 e. The van der Waals surface area contributed by atoms with Crippen molar-refractivity contribution in [2.45, 2.75) is 19.6 Å². The molecule has 0 radical (unpaired) electrons. The van der Waals surface area contributed by atoms with E-state index in [0.29, 0.717) is 18.2 Å². The van der Waals surface area contributed by atoms with E-state index in [1.807, 2.05) is 6.92 Å². The number of hydrogen-bond acceptors (Lipinski definition) is 3. The Morgan fingerprint density at radius 2 is 2.11 bits per heavy atom. The van der Waals surface area contributed by atoms with E-state index in [-0.39, 0.29) is 6.61 Å². The highest BCUT2D eigenvalue weighted by atomic mass is 35.5. The molecule has 0 aliphatic heterocycles. The van der Waals surface area contributed by atoms with E-state index >= 15 is 0 Å². The van der Waals surface area contributed by atoms with Gasteiger partial charge in [-0.2, -0.15) is 18.3 Å². The highest BCUT2D eigenvalue weighted by molar-refractivity contribution is 6.30. The average molecular weight is 286 g/mol. The number of halogens is 4. The fourth-order valence-electron chi connectivity index (χ4n) is 1.42. The Morgan fingerprint density at radius 1 is 1.44 bits per heavy atom. The SMILES string of the molecule is Cc1nn(C)c(Cl)c1CNCCOCC(F)(F)F. The van der Waals surface area contributed by atoms with Crippen LogP contribution in [0.1, 0.15) is 11.3 Å². The van der Waals surface area contributed by atoms with Crippen molar-refractivity contribution < 1.29 is 17.9 Å². The standard InChI is InChI=1S/C10H15ClF3N3O/c1-7-8(9(11)17(2)16-7)5-15-3-4-18-6-10(12,13)14/h15H,3-6H2,1-2H3. The maximum atomic E-state index is 11.8. The van der Waals surface area contributed by atoms with Gasteiger partial charge >= 0.3 is 6.18 Å². The normalized spacial score (nSPS) is 12.1. The molecule has 0 fully saturated rings. The first kappa shape index (κ1) is 15.3. The molecule has 0 saturated heterocycles. The summed E-state index contributed by atoms with van der Waals surface area (Å²) in [6.45, 7) is 1.37. The maximum absolute atomic E-state index is 11.8. The topological polar surface area (TPSA) is 39.1 Å². The molecule has 0 aromatic carbocycles. The largest absolute Gasteiger partial charge is 0.411 e. The Labute approximate surface area is 108 Å². The summed E-state index contributed by atoms with van der Waals surface area (Å²) in [7, 11) is 1.73. The molecule has 1 aromatic heterocycles. The molecule has 0 saturated carbocycles. The Morgan fingerprint density at radius 3 is 2.61 bits per heavy atom. The summed E-state index contributed by atoms with van der Waals surface area (Å²) in [6, 6.07) is 0. The van der Waals surface area contributed by atoms with E-state index in [9.17, 15) is 13.2 Å². The molecule has 8 heteroatoms. The van der Waals surface area contributed by atoms with Crippen molar-refractivity contribution in [1.82, 2.24) is 15.1 Å². The summed E-state index contributed by atoms with van der Waals surface area (Å²) in [5, 5.41) is 7.60. The summed E-state index contributed by atoms with van der Waals surface area (Å²) in [5.74, 6) is 0. The van der Waals surface area contributed by atoms with Gasteiger partial charge in [0, 0.05) is 25.7 Å². The number of ether oxygens (including phenoxy) is 1. The van der Waals surface area contributed by atoms with Crippen LogP contribution in [0.4, 0.5) is 13.2 Å². The van der Waals surface area contributed by atoms with E-state index in [0.717, 1.165) is 11.3 Å². The Kier molecular flexibility index (Phi) is 5.43. The molecular formula is C10H15ClF3N3O. The number of nitrogens with zero attached hydrogens (tertiary/aromatic N) is 2. The zero-order chi connectivity index (χ0) is 13.8. The van der Waals surface area contributed by atoms with Gasteiger partial charge in [-0.3, -0.25) is 4.68 Å². The van der Waals surface area contributed by atoms with Gasteiger partial charge in [0.05, 0.1) is 12.3 Å². The molecule has 0 bridgehead atoms. The molecular weight excluding hydrogens is 271 g/mol. The Hall–Kier alpha value is -0.790. The van der Waals surface area contributed by atoms with Crippen molar-refractivity contribution in [2.24, 2.45) is 7.05 Å². The molecule has 0 atom stereocenters. The third-order valence-corrected chi connectivity index (χ3v) is 2.73. The molecule has 0 amide bonds. The van der Waals surface area contributed by atoms with Gasteiger partial charge in [0.1, 0.15) is 11.8 Å². The number of hydrogen-bond donors (Lipinski definition) is 1. The second kappa shape index (κ2) is 6.40. The van der Waals surface area contributed by atoms with Gasteiger partial charge < -0.3 is 10.1 Å². The van der Waals surface area contributed by atoms with E-state index < -0.39 is 12.8 Å². The molecule has 0 unspecified atom stereocenters. The zero-order valence-corrected chi connectivity index (χ0v) is 10.9. The van der Waals surface area contributed by atoms with Crippen molar-refractivity contribution in [2.75, 3.05) is 19.8 Å². The van der Waals surface area contributed by atoms with Gasteiger partial charge in [-0.1, -0.05) is 11.6 Å². The van der Waals surface area contributed by atoms with Gasteiger partial charge in [-0.15, -0.1) is 0 Å². The summed E-state index contributed by atoms with van der Waals surface area (Å²) in [6.07, 6.45) is -4.27. The quantitative estimate of drug-likeness (QED) is 0.813. The molecule has 1 N–H and O–H groups in total. The highest BCUT2D eigenvalue weighted by Gasteiger charge is 2.27. The Bertz CT molecular complexity index is 392. The second-order valence-electron chi connectivity index (χ2n) is 3.82. The van der Waals surface area contributed by atoms with Crippen molar-refractivity contribution >= 4 is 11.6 Å². The van der Waals surface area contributed by atoms with Crippen molar-refractivity contribution in [1.29, 1.82) is 0 Å². The number of nitrogens with one attached hydrogen (secondary N) is 1. The lowest BCUT2D eigenvalue weighted by Gasteiger charge is -2.08.